The molecule has 8 heteroatoms. The van der Waals surface area contributed by atoms with Crippen molar-refractivity contribution in [1.29, 1.82) is 0 Å². The monoisotopic (exact) mass is 410 g/mol. The summed E-state index contributed by atoms with van der Waals surface area (Å²) in [5.74, 6) is 1.32. The molecule has 0 radical (unpaired) electrons. The predicted molar refractivity (Wildman–Crippen MR) is 116 cm³/mol. The molecule has 1 aromatic carbocycles. The molecule has 0 aliphatic carbocycles. The third-order valence-electron chi connectivity index (χ3n) is 5.69. The first-order valence-electron chi connectivity index (χ1n) is 10.3. The number of nitrogens with zero attached hydrogens (tertiary/aromatic N) is 6. The first-order valence-corrected chi connectivity index (χ1v) is 10.3. The number of anilines is 2. The number of piperazine rings is 2. The van der Waals surface area contributed by atoms with Crippen molar-refractivity contribution in [3.05, 3.63) is 53.9 Å². The van der Waals surface area contributed by atoms with Gasteiger partial charge in [-0.3, -0.25) is 4.79 Å². The Hall–Kier alpha value is -3.00. The summed E-state index contributed by atoms with van der Waals surface area (Å²) in [6, 6.07) is 10.5. The van der Waals surface area contributed by atoms with E-state index in [0.717, 1.165) is 37.8 Å². The molecule has 158 valence electrons. The Labute approximate surface area is 176 Å². The Morgan fingerprint density at radius 2 is 1.43 bits per heavy atom. The summed E-state index contributed by atoms with van der Waals surface area (Å²) in [5, 5.41) is 8.83. The highest BCUT2D eigenvalue weighted by Crippen LogP contribution is 2.18. The fourth-order valence-corrected chi connectivity index (χ4v) is 3.72. The summed E-state index contributed by atoms with van der Waals surface area (Å²) in [4.78, 5) is 20.9. The molecule has 3 heterocycles. The Morgan fingerprint density at radius 1 is 0.867 bits per heavy atom. The van der Waals surface area contributed by atoms with Gasteiger partial charge in [0.05, 0.1) is 0 Å². The normalized spacial score (nSPS) is 18.3. The van der Waals surface area contributed by atoms with E-state index < -0.39 is 0 Å². The summed E-state index contributed by atoms with van der Waals surface area (Å²) in [5.41, 5.74) is 0.417. The van der Waals surface area contributed by atoms with Crippen LogP contribution in [0.4, 0.5) is 16.0 Å². The molecule has 2 saturated heterocycles. The van der Waals surface area contributed by atoms with Crippen LogP contribution >= 0.6 is 0 Å². The first kappa shape index (κ1) is 20.3. The fraction of sp³-hybridized carbons (Fsp3) is 0.409. The molecule has 2 aliphatic heterocycles. The number of hydrogen-bond acceptors (Lipinski definition) is 6. The van der Waals surface area contributed by atoms with Gasteiger partial charge in [-0.1, -0.05) is 18.2 Å². The van der Waals surface area contributed by atoms with E-state index in [4.69, 9.17) is 0 Å². The maximum Gasteiger partial charge on any atom is 0.246 e. The van der Waals surface area contributed by atoms with Crippen molar-refractivity contribution in [2.24, 2.45) is 0 Å². The number of aromatic nitrogens is 2. The smallest absolute Gasteiger partial charge is 0.246 e. The highest BCUT2D eigenvalue weighted by Gasteiger charge is 2.22. The maximum absolute atomic E-state index is 13.7. The molecular formula is C22H27FN6O. The number of hydrogen-bond donors (Lipinski definition) is 0. The fourth-order valence-electron chi connectivity index (χ4n) is 3.72. The zero-order valence-electron chi connectivity index (χ0n) is 17.2. The van der Waals surface area contributed by atoms with Gasteiger partial charge >= 0.3 is 0 Å². The number of halogens is 1. The van der Waals surface area contributed by atoms with Crippen molar-refractivity contribution in [2.75, 3.05) is 69.2 Å². The van der Waals surface area contributed by atoms with Crippen LogP contribution in [0, 0.1) is 5.82 Å². The second kappa shape index (κ2) is 9.21. The van der Waals surface area contributed by atoms with Crippen LogP contribution in [-0.2, 0) is 4.79 Å². The number of rotatable bonds is 4. The van der Waals surface area contributed by atoms with E-state index in [1.54, 1.807) is 23.1 Å². The van der Waals surface area contributed by atoms with Crippen LogP contribution in [0.15, 0.2) is 42.5 Å². The summed E-state index contributed by atoms with van der Waals surface area (Å²) >= 11 is 0. The molecule has 4 rings (SSSR count). The van der Waals surface area contributed by atoms with E-state index in [1.807, 2.05) is 12.1 Å². The quantitative estimate of drug-likeness (QED) is 0.716. The van der Waals surface area contributed by atoms with Gasteiger partial charge in [-0.2, -0.15) is 0 Å². The van der Waals surface area contributed by atoms with Crippen LogP contribution in [0.25, 0.3) is 6.08 Å². The lowest BCUT2D eigenvalue weighted by Crippen LogP contribution is -2.48. The van der Waals surface area contributed by atoms with Crippen LogP contribution in [0.3, 0.4) is 0 Å². The predicted octanol–water partition coefficient (Wildman–Crippen LogP) is 1.73. The van der Waals surface area contributed by atoms with E-state index in [-0.39, 0.29) is 11.7 Å². The van der Waals surface area contributed by atoms with Crippen molar-refractivity contribution in [2.45, 2.75) is 0 Å². The SMILES string of the molecule is CN1CCN(c2ccc(N3CCN(C(=O)/C=C/c4ccccc4F)CC3)nn2)CC1. The number of carbonyl (C=O) groups is 1. The number of carbonyl (C=O) groups excluding carboxylic acids is 1. The molecule has 7 nitrogen and oxygen atoms in total. The minimum atomic E-state index is -0.329. The average molecular weight is 410 g/mol. The van der Waals surface area contributed by atoms with Crippen molar-refractivity contribution < 1.29 is 9.18 Å². The Kier molecular flexibility index (Phi) is 6.23. The molecule has 0 saturated carbocycles. The van der Waals surface area contributed by atoms with Gasteiger partial charge in [0.1, 0.15) is 5.82 Å². The van der Waals surface area contributed by atoms with Crippen molar-refractivity contribution in [3.63, 3.8) is 0 Å². The van der Waals surface area contributed by atoms with Gasteiger partial charge in [-0.25, -0.2) is 4.39 Å². The molecule has 0 atom stereocenters. The lowest BCUT2D eigenvalue weighted by Gasteiger charge is -2.35. The molecule has 0 spiro atoms. The van der Waals surface area contributed by atoms with Gasteiger partial charge in [0.15, 0.2) is 11.6 Å². The molecule has 1 aromatic heterocycles. The van der Waals surface area contributed by atoms with Crippen LogP contribution in [0.1, 0.15) is 5.56 Å². The van der Waals surface area contributed by atoms with Gasteiger partial charge in [0.25, 0.3) is 0 Å². The van der Waals surface area contributed by atoms with E-state index in [2.05, 4.69) is 31.9 Å². The Bertz CT molecular complexity index is 887. The van der Waals surface area contributed by atoms with Crippen LogP contribution in [0.5, 0.6) is 0 Å². The summed E-state index contributed by atoms with van der Waals surface area (Å²) in [6.45, 7) is 6.58. The highest BCUT2D eigenvalue weighted by atomic mass is 19.1. The largest absolute Gasteiger partial charge is 0.353 e. The van der Waals surface area contributed by atoms with Crippen LogP contribution < -0.4 is 9.80 Å². The lowest BCUT2D eigenvalue weighted by atomic mass is 10.2. The topological polar surface area (TPSA) is 55.8 Å². The van der Waals surface area contributed by atoms with Gasteiger partial charge in [0, 0.05) is 64.0 Å². The second-order valence-electron chi connectivity index (χ2n) is 7.71. The molecule has 0 N–H and O–H groups in total. The minimum Gasteiger partial charge on any atom is -0.353 e. The Morgan fingerprint density at radius 3 is 2.00 bits per heavy atom. The summed E-state index contributed by atoms with van der Waals surface area (Å²) < 4.78 is 13.7. The number of amides is 1. The first-order chi connectivity index (χ1) is 14.6. The molecule has 2 fully saturated rings. The lowest BCUT2D eigenvalue weighted by molar-refractivity contribution is -0.126. The van der Waals surface area contributed by atoms with Crippen molar-refractivity contribution >= 4 is 23.6 Å². The van der Waals surface area contributed by atoms with E-state index in [1.165, 1.54) is 18.2 Å². The summed E-state index contributed by atoms with van der Waals surface area (Å²) in [6.07, 6.45) is 2.98. The second-order valence-corrected chi connectivity index (χ2v) is 7.71. The minimum absolute atomic E-state index is 0.102. The zero-order chi connectivity index (χ0) is 20.9. The summed E-state index contributed by atoms with van der Waals surface area (Å²) in [7, 11) is 2.13. The third kappa shape index (κ3) is 4.76. The van der Waals surface area contributed by atoms with E-state index in [0.29, 0.717) is 31.7 Å². The van der Waals surface area contributed by atoms with E-state index in [9.17, 15) is 9.18 Å². The standard InChI is InChI=1S/C22H27FN6O/c1-26-10-12-27(13-11-26)20-7-8-21(25-24-20)28-14-16-29(17-15-28)22(30)9-6-18-4-2-3-5-19(18)23/h2-9H,10-17H2,1H3/b9-6+. The van der Waals surface area contributed by atoms with Crippen LogP contribution in [0.2, 0.25) is 0 Å². The van der Waals surface area contributed by atoms with Crippen LogP contribution in [-0.4, -0.2) is 85.3 Å². The molecular weight excluding hydrogens is 383 g/mol. The zero-order valence-corrected chi connectivity index (χ0v) is 17.2. The number of benzene rings is 1. The van der Waals surface area contributed by atoms with Gasteiger partial charge in [-0.05, 0) is 31.3 Å². The maximum atomic E-state index is 13.7. The van der Waals surface area contributed by atoms with E-state index >= 15 is 0 Å². The molecule has 2 aliphatic rings. The van der Waals surface area contributed by atoms with Gasteiger partial charge in [0.2, 0.25) is 5.91 Å². The number of likely N-dealkylation sites (N-methyl/N-ethyl adjacent to an activating group) is 1. The molecule has 30 heavy (non-hydrogen) atoms. The van der Waals surface area contributed by atoms with Crippen molar-refractivity contribution in [3.8, 4) is 0 Å². The van der Waals surface area contributed by atoms with Gasteiger partial charge < -0.3 is 19.6 Å². The molecule has 0 unspecified atom stereocenters. The average Bonchev–Trinajstić information content (AvgIpc) is 2.79. The molecule has 2 aromatic rings. The van der Waals surface area contributed by atoms with Gasteiger partial charge in [-0.15, -0.1) is 10.2 Å². The molecule has 1 amide bonds. The van der Waals surface area contributed by atoms with Crippen molar-refractivity contribution in [1.82, 2.24) is 20.0 Å². The third-order valence-corrected chi connectivity index (χ3v) is 5.69. The Balaban J connectivity index is 1.30. The highest BCUT2D eigenvalue weighted by molar-refractivity contribution is 5.92. The molecule has 0 bridgehead atoms.